The molecule has 17 heavy (non-hydrogen) atoms. The highest BCUT2D eigenvalue weighted by Crippen LogP contribution is 2.21. The predicted molar refractivity (Wildman–Crippen MR) is 73.1 cm³/mol. The van der Waals surface area contributed by atoms with Crippen LogP contribution in [0.3, 0.4) is 0 Å². The maximum atomic E-state index is 11.0. The van der Waals surface area contributed by atoms with Crippen molar-refractivity contribution < 1.29 is 9.90 Å². The summed E-state index contributed by atoms with van der Waals surface area (Å²) in [7, 11) is 0. The molecule has 0 bridgehead atoms. The molecule has 90 valence electrons. The lowest BCUT2D eigenvalue weighted by atomic mass is 10.2. The van der Waals surface area contributed by atoms with Gasteiger partial charge in [-0.2, -0.15) is 0 Å². The van der Waals surface area contributed by atoms with Gasteiger partial charge < -0.3 is 10.4 Å². The molecule has 0 saturated carbocycles. The third kappa shape index (κ3) is 4.59. The molecular formula is C12H12ClNO2S. The number of carboxylic acids is 1. The van der Waals surface area contributed by atoms with Gasteiger partial charge in [-0.3, -0.25) is 0 Å². The summed E-state index contributed by atoms with van der Waals surface area (Å²) >= 11 is 7.43. The van der Waals surface area contributed by atoms with E-state index in [0.717, 1.165) is 5.75 Å². The van der Waals surface area contributed by atoms with Gasteiger partial charge in [-0.1, -0.05) is 17.5 Å². The maximum absolute atomic E-state index is 11.0. The van der Waals surface area contributed by atoms with Crippen molar-refractivity contribution in [1.29, 1.82) is 0 Å². The van der Waals surface area contributed by atoms with Gasteiger partial charge in [0.15, 0.2) is 0 Å². The zero-order valence-electron chi connectivity index (χ0n) is 9.07. The molecule has 0 spiro atoms. The number of hydrogen-bond acceptors (Lipinski definition) is 3. The van der Waals surface area contributed by atoms with Crippen LogP contribution in [0.2, 0.25) is 5.02 Å². The normalized spacial score (nSPS) is 9.65. The quantitative estimate of drug-likeness (QED) is 0.616. The summed E-state index contributed by atoms with van der Waals surface area (Å²) < 4.78 is 0. The summed E-state index contributed by atoms with van der Waals surface area (Å²) in [4.78, 5) is 11.0. The van der Waals surface area contributed by atoms with Crippen molar-refractivity contribution in [1.82, 2.24) is 0 Å². The van der Waals surface area contributed by atoms with Crippen molar-refractivity contribution in [3.63, 3.8) is 0 Å². The molecule has 0 unspecified atom stereocenters. The first kappa shape index (κ1) is 13.8. The number of benzene rings is 1. The van der Waals surface area contributed by atoms with Crippen LogP contribution >= 0.6 is 23.4 Å². The molecule has 0 aliphatic carbocycles. The third-order valence-electron chi connectivity index (χ3n) is 1.96. The van der Waals surface area contributed by atoms with Crippen LogP contribution in [-0.2, 0) is 0 Å². The van der Waals surface area contributed by atoms with Gasteiger partial charge in [0.1, 0.15) is 0 Å². The summed E-state index contributed by atoms with van der Waals surface area (Å²) in [6.07, 6.45) is 5.12. The second-order valence-electron chi connectivity index (χ2n) is 3.18. The first-order chi connectivity index (χ1) is 8.15. The van der Waals surface area contributed by atoms with Gasteiger partial charge in [0.2, 0.25) is 0 Å². The van der Waals surface area contributed by atoms with E-state index in [9.17, 15) is 4.79 Å². The van der Waals surface area contributed by atoms with Crippen LogP contribution in [0.4, 0.5) is 5.69 Å². The standard InChI is InChI=1S/C12H12ClNO2S/c1-2-6-17-7-5-14-11-8-9(13)3-4-10(11)12(15)16/h1,3-4,8,14H,5-7H2,(H,15,16). The van der Waals surface area contributed by atoms with Crippen molar-refractivity contribution in [2.24, 2.45) is 0 Å². The van der Waals surface area contributed by atoms with Crippen LogP contribution in [0, 0.1) is 12.3 Å². The van der Waals surface area contributed by atoms with E-state index in [1.807, 2.05) is 0 Å². The Morgan fingerprint density at radius 2 is 2.35 bits per heavy atom. The fourth-order valence-electron chi connectivity index (χ4n) is 1.24. The Balaban J connectivity index is 2.60. The van der Waals surface area contributed by atoms with Gasteiger partial charge >= 0.3 is 5.97 Å². The number of carbonyl (C=O) groups is 1. The van der Waals surface area contributed by atoms with Crippen LogP contribution < -0.4 is 5.32 Å². The average molecular weight is 270 g/mol. The molecule has 0 heterocycles. The molecule has 0 atom stereocenters. The van der Waals surface area contributed by atoms with E-state index in [1.54, 1.807) is 23.9 Å². The Kier molecular flexibility index (Phi) is 5.75. The highest BCUT2D eigenvalue weighted by atomic mass is 35.5. The zero-order valence-corrected chi connectivity index (χ0v) is 10.6. The summed E-state index contributed by atoms with van der Waals surface area (Å²) in [5, 5.41) is 12.5. The van der Waals surface area contributed by atoms with Crippen molar-refractivity contribution in [3.05, 3.63) is 28.8 Å². The van der Waals surface area contributed by atoms with Crippen molar-refractivity contribution in [2.45, 2.75) is 0 Å². The smallest absolute Gasteiger partial charge is 0.337 e. The van der Waals surface area contributed by atoms with Crippen LogP contribution in [0.5, 0.6) is 0 Å². The second-order valence-corrected chi connectivity index (χ2v) is 4.72. The molecule has 0 radical (unpaired) electrons. The average Bonchev–Trinajstić information content (AvgIpc) is 2.28. The minimum Gasteiger partial charge on any atom is -0.478 e. The number of aromatic carboxylic acids is 1. The van der Waals surface area contributed by atoms with E-state index < -0.39 is 5.97 Å². The Bertz CT molecular complexity index is 443. The highest BCUT2D eigenvalue weighted by Gasteiger charge is 2.09. The largest absolute Gasteiger partial charge is 0.478 e. The minimum absolute atomic E-state index is 0.219. The number of nitrogens with one attached hydrogen (secondary N) is 1. The number of halogens is 1. The predicted octanol–water partition coefficient (Wildman–Crippen LogP) is 2.82. The van der Waals surface area contributed by atoms with Crippen LogP contribution in [0.25, 0.3) is 0 Å². The second kappa shape index (κ2) is 7.10. The lowest BCUT2D eigenvalue weighted by Crippen LogP contribution is -2.09. The lowest BCUT2D eigenvalue weighted by molar-refractivity contribution is 0.0698. The highest BCUT2D eigenvalue weighted by molar-refractivity contribution is 7.99. The summed E-state index contributed by atoms with van der Waals surface area (Å²) in [5.74, 6) is 3.02. The molecule has 0 aliphatic rings. The topological polar surface area (TPSA) is 49.3 Å². The first-order valence-corrected chi connectivity index (χ1v) is 6.46. The number of carboxylic acid groups (broad SMARTS) is 1. The Morgan fingerprint density at radius 1 is 1.59 bits per heavy atom. The van der Waals surface area contributed by atoms with E-state index in [1.165, 1.54) is 6.07 Å². The Morgan fingerprint density at radius 3 is 3.00 bits per heavy atom. The van der Waals surface area contributed by atoms with Gasteiger partial charge in [-0.15, -0.1) is 18.2 Å². The van der Waals surface area contributed by atoms with Crippen LogP contribution in [0.15, 0.2) is 18.2 Å². The molecule has 0 aliphatic heterocycles. The van der Waals surface area contributed by atoms with E-state index in [2.05, 4.69) is 11.2 Å². The number of anilines is 1. The number of thioether (sulfide) groups is 1. The molecule has 1 aromatic rings. The molecule has 5 heteroatoms. The van der Waals surface area contributed by atoms with Crippen molar-refractivity contribution in [3.8, 4) is 12.3 Å². The molecule has 0 fully saturated rings. The van der Waals surface area contributed by atoms with Gasteiger partial charge in [-0.25, -0.2) is 4.79 Å². The number of terminal acetylenes is 1. The zero-order chi connectivity index (χ0) is 12.7. The van der Waals surface area contributed by atoms with Gasteiger partial charge in [0.05, 0.1) is 17.0 Å². The fraction of sp³-hybridized carbons (Fsp3) is 0.250. The minimum atomic E-state index is -0.972. The van der Waals surface area contributed by atoms with Gasteiger partial charge in [0, 0.05) is 17.3 Å². The Labute approximate surface area is 110 Å². The first-order valence-electron chi connectivity index (χ1n) is 4.93. The molecule has 2 N–H and O–H groups in total. The lowest BCUT2D eigenvalue weighted by Gasteiger charge is -2.09. The van der Waals surface area contributed by atoms with Crippen LogP contribution in [0.1, 0.15) is 10.4 Å². The van der Waals surface area contributed by atoms with E-state index in [0.29, 0.717) is 23.0 Å². The third-order valence-corrected chi connectivity index (χ3v) is 3.06. The van der Waals surface area contributed by atoms with Crippen LogP contribution in [-0.4, -0.2) is 29.1 Å². The molecular weight excluding hydrogens is 258 g/mol. The fourth-order valence-corrected chi connectivity index (χ4v) is 1.92. The van der Waals surface area contributed by atoms with E-state index in [4.69, 9.17) is 23.1 Å². The van der Waals surface area contributed by atoms with Gasteiger partial charge in [-0.05, 0) is 18.2 Å². The maximum Gasteiger partial charge on any atom is 0.337 e. The molecule has 1 aromatic carbocycles. The Hall–Kier alpha value is -1.31. The summed E-state index contributed by atoms with van der Waals surface area (Å²) in [6.45, 7) is 0.646. The SMILES string of the molecule is C#CCSCCNc1cc(Cl)ccc1C(=O)O. The molecule has 0 amide bonds. The summed E-state index contributed by atoms with van der Waals surface area (Å²) in [6, 6.07) is 4.65. The monoisotopic (exact) mass is 269 g/mol. The molecule has 3 nitrogen and oxygen atoms in total. The van der Waals surface area contributed by atoms with Crippen molar-refractivity contribution in [2.75, 3.05) is 23.4 Å². The van der Waals surface area contributed by atoms with Gasteiger partial charge in [0.25, 0.3) is 0 Å². The van der Waals surface area contributed by atoms with Crippen molar-refractivity contribution >= 4 is 35.0 Å². The molecule has 0 saturated heterocycles. The number of rotatable bonds is 6. The van der Waals surface area contributed by atoms with E-state index >= 15 is 0 Å². The van der Waals surface area contributed by atoms with E-state index in [-0.39, 0.29) is 5.56 Å². The summed E-state index contributed by atoms with van der Waals surface area (Å²) in [5.41, 5.74) is 0.752. The molecule has 1 rings (SSSR count). The molecule has 0 aromatic heterocycles. The number of hydrogen-bond donors (Lipinski definition) is 2.